The Morgan fingerprint density at radius 1 is 0.721 bits per heavy atom. The van der Waals surface area contributed by atoms with Crippen LogP contribution in [0.5, 0.6) is 11.5 Å². The number of benzene rings is 3. The monoisotopic (exact) mass is 840 g/mol. The van der Waals surface area contributed by atoms with Crippen molar-refractivity contribution in [1.29, 1.82) is 0 Å². The highest BCUT2D eigenvalue weighted by molar-refractivity contribution is 5.92. The summed E-state index contributed by atoms with van der Waals surface area (Å²) in [6.07, 6.45) is 12.4. The zero-order valence-electron chi connectivity index (χ0n) is 38.4. The summed E-state index contributed by atoms with van der Waals surface area (Å²) in [5, 5.41) is 7.91. The first-order valence-corrected chi connectivity index (χ1v) is 22.7. The molecule has 10 nitrogen and oxygen atoms in total. The number of fused-ring (bicyclic) bond motifs is 1. The van der Waals surface area contributed by atoms with Crippen molar-refractivity contribution in [2.24, 2.45) is 17.8 Å². The van der Waals surface area contributed by atoms with Crippen LogP contribution in [0.3, 0.4) is 0 Å². The highest BCUT2D eigenvalue weighted by Gasteiger charge is 2.35. The van der Waals surface area contributed by atoms with E-state index in [9.17, 15) is 19.2 Å². The summed E-state index contributed by atoms with van der Waals surface area (Å²) >= 11 is 0. The van der Waals surface area contributed by atoms with Crippen LogP contribution < -0.4 is 25.4 Å². The first kappa shape index (κ1) is 48.8. The van der Waals surface area contributed by atoms with Crippen LogP contribution in [0, 0.1) is 38.5 Å². The molecule has 5 atom stereocenters. The minimum Gasteiger partial charge on any atom is -0.487 e. The van der Waals surface area contributed by atoms with E-state index in [2.05, 4.69) is 50.6 Å². The van der Waals surface area contributed by atoms with Gasteiger partial charge in [0.15, 0.2) is 0 Å². The van der Waals surface area contributed by atoms with Crippen molar-refractivity contribution in [1.82, 2.24) is 16.0 Å². The summed E-state index contributed by atoms with van der Waals surface area (Å²) in [5.41, 5.74) is 5.05. The lowest BCUT2D eigenvalue weighted by atomic mass is 9.83. The Kier molecular flexibility index (Phi) is 19.2. The van der Waals surface area contributed by atoms with Gasteiger partial charge in [-0.2, -0.15) is 0 Å². The summed E-state index contributed by atoms with van der Waals surface area (Å²) in [6.45, 7) is 18.7. The molecule has 0 aliphatic carbocycles. The van der Waals surface area contributed by atoms with Gasteiger partial charge in [-0.25, -0.2) is 9.59 Å². The van der Waals surface area contributed by atoms with Gasteiger partial charge in [-0.3, -0.25) is 9.59 Å². The van der Waals surface area contributed by atoms with Crippen molar-refractivity contribution in [3.63, 3.8) is 0 Å². The molecule has 0 spiro atoms. The van der Waals surface area contributed by atoms with Crippen molar-refractivity contribution in [2.45, 2.75) is 164 Å². The van der Waals surface area contributed by atoms with E-state index >= 15 is 0 Å². The van der Waals surface area contributed by atoms with E-state index in [1.807, 2.05) is 81.4 Å². The smallest absolute Gasteiger partial charge is 0.408 e. The van der Waals surface area contributed by atoms with Crippen molar-refractivity contribution in [2.75, 3.05) is 6.54 Å². The number of rotatable bonds is 23. The number of hydrogen-bond acceptors (Lipinski definition) is 7. The summed E-state index contributed by atoms with van der Waals surface area (Å²) in [6, 6.07) is 16.4. The number of hydrogen-bond donors (Lipinski definition) is 3. The number of amides is 3. The van der Waals surface area contributed by atoms with Gasteiger partial charge in [-0.1, -0.05) is 133 Å². The molecule has 0 saturated carbocycles. The van der Waals surface area contributed by atoms with Crippen molar-refractivity contribution in [3.05, 3.63) is 94.0 Å². The van der Waals surface area contributed by atoms with E-state index in [1.165, 1.54) is 51.9 Å². The molecular weight excluding hydrogens is 767 g/mol. The Bertz CT molecular complexity index is 1880. The number of esters is 1. The second kappa shape index (κ2) is 24.0. The molecule has 0 aromatic heterocycles. The van der Waals surface area contributed by atoms with Crippen molar-refractivity contribution in [3.8, 4) is 11.5 Å². The molecule has 3 aromatic rings. The molecule has 3 aromatic carbocycles. The molecule has 0 fully saturated rings. The number of carbonyl (C=O) groups excluding carboxylic acids is 4. The average Bonchev–Trinajstić information content (AvgIpc) is 3.23. The van der Waals surface area contributed by atoms with Crippen LogP contribution >= 0.6 is 0 Å². The second-order valence-corrected chi connectivity index (χ2v) is 18.3. The maximum absolute atomic E-state index is 13.6. The molecule has 1 aliphatic rings. The summed E-state index contributed by atoms with van der Waals surface area (Å²) in [5.74, 6) is 1.92. The lowest BCUT2D eigenvalue weighted by Crippen LogP contribution is -2.54. The van der Waals surface area contributed by atoms with Crippen molar-refractivity contribution < 1.29 is 33.4 Å². The molecule has 4 rings (SSSR count). The Morgan fingerprint density at radius 2 is 1.31 bits per heavy atom. The molecular formula is C51H73N3O7. The second-order valence-electron chi connectivity index (χ2n) is 18.3. The fraction of sp³-hybridized carbons (Fsp3) is 0.569. The fourth-order valence-corrected chi connectivity index (χ4v) is 8.21. The van der Waals surface area contributed by atoms with Gasteiger partial charge in [0.05, 0.1) is 0 Å². The molecule has 3 amide bonds. The molecule has 10 heteroatoms. The average molecular weight is 840 g/mol. The van der Waals surface area contributed by atoms with Crippen LogP contribution in [0.15, 0.2) is 60.7 Å². The third-order valence-electron chi connectivity index (χ3n) is 12.3. The van der Waals surface area contributed by atoms with Gasteiger partial charge in [0.25, 0.3) is 0 Å². The quantitative estimate of drug-likeness (QED) is 0.0640. The normalized spacial score (nSPS) is 16.6. The summed E-state index contributed by atoms with van der Waals surface area (Å²) in [4.78, 5) is 52.5. The van der Waals surface area contributed by atoms with Crippen LogP contribution in [0.4, 0.5) is 4.79 Å². The van der Waals surface area contributed by atoms with E-state index in [4.69, 9.17) is 14.2 Å². The van der Waals surface area contributed by atoms with Crippen LogP contribution in [0.1, 0.15) is 139 Å². The van der Waals surface area contributed by atoms with Gasteiger partial charge < -0.3 is 30.2 Å². The van der Waals surface area contributed by atoms with Crippen LogP contribution in [0.2, 0.25) is 0 Å². The lowest BCUT2D eigenvalue weighted by molar-refractivity contribution is -0.136. The highest BCUT2D eigenvalue weighted by Crippen LogP contribution is 2.45. The third-order valence-corrected chi connectivity index (χ3v) is 12.3. The van der Waals surface area contributed by atoms with Crippen LogP contribution in [0.25, 0.3) is 0 Å². The fourth-order valence-electron chi connectivity index (χ4n) is 8.21. The van der Waals surface area contributed by atoms with Gasteiger partial charge in [-0.05, 0) is 106 Å². The van der Waals surface area contributed by atoms with Gasteiger partial charge in [-0.15, -0.1) is 0 Å². The molecule has 1 heterocycles. The molecule has 1 aliphatic heterocycles. The molecule has 334 valence electrons. The SMILES string of the molecule is Cc1c(C)c2c(c(C)c1OC(=O)CNC(=O)[C@H](Cc1ccccc1)NC(=O)[C@H](C)NC(=O)OCc1ccccc1)CC[C@@](C)(CCC[C@H](C)CCC[C@H](C)CCCC(C)C)O2. The van der Waals surface area contributed by atoms with E-state index in [1.54, 1.807) is 0 Å². The Hall–Kier alpha value is -4.86. The van der Waals surface area contributed by atoms with E-state index in [0.717, 1.165) is 76.6 Å². The van der Waals surface area contributed by atoms with Crippen LogP contribution in [-0.2, 0) is 38.6 Å². The van der Waals surface area contributed by atoms with Gasteiger partial charge in [0, 0.05) is 12.0 Å². The first-order chi connectivity index (χ1) is 29.0. The van der Waals surface area contributed by atoms with E-state index in [0.29, 0.717) is 11.7 Å². The van der Waals surface area contributed by atoms with Gasteiger partial charge in [0.2, 0.25) is 11.8 Å². The minimum atomic E-state index is -1.03. The van der Waals surface area contributed by atoms with Crippen LogP contribution in [-0.4, -0.2) is 48.1 Å². The molecule has 0 radical (unpaired) electrons. The number of nitrogens with one attached hydrogen (secondary N) is 3. The Labute approximate surface area is 365 Å². The third kappa shape index (κ3) is 15.8. The summed E-state index contributed by atoms with van der Waals surface area (Å²) in [7, 11) is 0. The first-order valence-electron chi connectivity index (χ1n) is 22.7. The molecule has 3 N–H and O–H groups in total. The summed E-state index contributed by atoms with van der Waals surface area (Å²) < 4.78 is 18.0. The maximum atomic E-state index is 13.6. The predicted octanol–water partition coefficient (Wildman–Crippen LogP) is 10.2. The number of carbonyl (C=O) groups is 4. The van der Waals surface area contributed by atoms with E-state index in [-0.39, 0.29) is 18.6 Å². The lowest BCUT2D eigenvalue weighted by Gasteiger charge is -2.38. The number of alkyl carbamates (subject to hydrolysis) is 1. The molecule has 0 unspecified atom stereocenters. The Morgan fingerprint density at radius 3 is 1.93 bits per heavy atom. The predicted molar refractivity (Wildman–Crippen MR) is 243 cm³/mol. The zero-order chi connectivity index (χ0) is 44.5. The highest BCUT2D eigenvalue weighted by atomic mass is 16.5. The topological polar surface area (TPSA) is 132 Å². The standard InChI is InChI=1S/C51H73N3O7/c1-34(2)19-16-20-35(3)21-17-22-36(4)23-18-29-51(9)30-28-43-39(7)46(37(5)38(6)47(43)61-51)60-45(55)32-52-49(57)44(31-41-24-12-10-13-25-41)54-48(56)40(8)53-50(58)59-33-42-26-14-11-15-27-42/h10-15,24-27,34-36,40,44H,16-23,28-33H2,1-9H3,(H,52,57)(H,53,58)(H,54,56)/t35-,36-,40+,44+,51-/m1/s1. The minimum absolute atomic E-state index is 0.0473. The molecule has 61 heavy (non-hydrogen) atoms. The number of ether oxygens (including phenoxy) is 3. The maximum Gasteiger partial charge on any atom is 0.408 e. The Balaban J connectivity index is 1.29. The largest absolute Gasteiger partial charge is 0.487 e. The van der Waals surface area contributed by atoms with Gasteiger partial charge >= 0.3 is 12.1 Å². The van der Waals surface area contributed by atoms with Crippen molar-refractivity contribution >= 4 is 23.9 Å². The molecule has 0 saturated heterocycles. The zero-order valence-corrected chi connectivity index (χ0v) is 38.4. The van der Waals surface area contributed by atoms with Gasteiger partial charge in [0.1, 0.15) is 42.3 Å². The molecule has 0 bridgehead atoms. The van der Waals surface area contributed by atoms with E-state index < -0.39 is 42.5 Å².